The zero-order chi connectivity index (χ0) is 17.1. The monoisotopic (exact) mass is 361 g/mol. The number of hydrogen-bond donors (Lipinski definition) is 1. The maximum Gasteiger partial charge on any atom is 0.217 e. The lowest BCUT2D eigenvalue weighted by atomic mass is 10.3. The lowest BCUT2D eigenvalue weighted by Gasteiger charge is -2.01. The van der Waals surface area contributed by atoms with E-state index in [9.17, 15) is 9.59 Å². The Hall–Kier alpha value is -2.26. The highest BCUT2D eigenvalue weighted by atomic mass is 32.2. The number of nitrogens with zero attached hydrogens (tertiary/aromatic N) is 4. The second-order valence-corrected chi connectivity index (χ2v) is 7.20. The minimum Gasteiger partial charge on any atom is -0.351 e. The van der Waals surface area contributed by atoms with Crippen LogP contribution < -0.4 is 5.32 Å². The van der Waals surface area contributed by atoms with Gasteiger partial charge in [-0.2, -0.15) is 5.10 Å². The van der Waals surface area contributed by atoms with E-state index >= 15 is 0 Å². The summed E-state index contributed by atoms with van der Waals surface area (Å²) in [6, 6.07) is 3.66. The summed E-state index contributed by atoms with van der Waals surface area (Å²) in [6.45, 7) is 1.92. The number of rotatable bonds is 6. The van der Waals surface area contributed by atoms with Gasteiger partial charge in [-0.3, -0.25) is 14.3 Å². The van der Waals surface area contributed by atoms with E-state index in [-0.39, 0.29) is 11.7 Å². The molecular weight excluding hydrogens is 346 g/mol. The average Bonchev–Trinajstić information content (AvgIpc) is 3.18. The number of amides is 1. The number of aryl methyl sites for hydroxylation is 1. The van der Waals surface area contributed by atoms with Crippen LogP contribution in [0, 0.1) is 0 Å². The van der Waals surface area contributed by atoms with E-state index in [1.165, 1.54) is 36.3 Å². The first kappa shape index (κ1) is 16.6. The molecule has 0 fully saturated rings. The molecule has 0 aliphatic rings. The van der Waals surface area contributed by atoms with E-state index in [0.717, 1.165) is 20.9 Å². The number of carbonyl (C=O) groups is 2. The van der Waals surface area contributed by atoms with Crippen LogP contribution in [0.5, 0.6) is 0 Å². The van der Waals surface area contributed by atoms with Crippen LogP contribution in [-0.4, -0.2) is 37.2 Å². The molecule has 0 radical (unpaired) electrons. The van der Waals surface area contributed by atoms with Crippen LogP contribution in [0.3, 0.4) is 0 Å². The standard InChI is InChI=1S/C15H15N5O2S2/c1-9(21)16-5-10-3-4-13(24-10)12(22)7-23-15-11-6-19-20(2)14(11)17-8-18-15/h3-4,6,8H,5,7H2,1-2H3,(H,16,21). The van der Waals surface area contributed by atoms with Crippen LogP contribution in [0.15, 0.2) is 29.7 Å². The number of Topliss-reactive ketones (excluding diaryl/α,β-unsaturated/α-hetero) is 1. The number of aromatic nitrogens is 4. The Morgan fingerprint density at radius 1 is 1.33 bits per heavy atom. The first-order valence-electron chi connectivity index (χ1n) is 7.16. The van der Waals surface area contributed by atoms with Crippen molar-refractivity contribution in [1.82, 2.24) is 25.1 Å². The van der Waals surface area contributed by atoms with Crippen molar-refractivity contribution in [3.8, 4) is 0 Å². The zero-order valence-electron chi connectivity index (χ0n) is 13.1. The molecule has 3 aromatic heterocycles. The van der Waals surface area contributed by atoms with Gasteiger partial charge in [0.15, 0.2) is 11.4 Å². The topological polar surface area (TPSA) is 89.8 Å². The Morgan fingerprint density at radius 3 is 2.96 bits per heavy atom. The number of nitrogens with one attached hydrogen (secondary N) is 1. The SMILES string of the molecule is CC(=O)NCc1ccc(C(=O)CSc2ncnc3c2cnn3C)s1. The molecule has 24 heavy (non-hydrogen) atoms. The molecule has 9 heteroatoms. The summed E-state index contributed by atoms with van der Waals surface area (Å²) in [7, 11) is 1.82. The van der Waals surface area contributed by atoms with Crippen molar-refractivity contribution in [1.29, 1.82) is 0 Å². The smallest absolute Gasteiger partial charge is 0.217 e. The fraction of sp³-hybridized carbons (Fsp3) is 0.267. The molecule has 0 unspecified atom stereocenters. The lowest BCUT2D eigenvalue weighted by Crippen LogP contribution is -2.18. The summed E-state index contributed by atoms with van der Waals surface area (Å²) in [6.07, 6.45) is 3.19. The quantitative estimate of drug-likeness (QED) is 0.410. The number of thioether (sulfide) groups is 1. The Balaban J connectivity index is 1.65. The number of ketones is 1. The van der Waals surface area contributed by atoms with Gasteiger partial charge in [0.1, 0.15) is 11.4 Å². The molecule has 0 bridgehead atoms. The predicted octanol–water partition coefficient (Wildman–Crippen LogP) is 2.04. The first-order chi connectivity index (χ1) is 11.5. The maximum atomic E-state index is 12.3. The summed E-state index contributed by atoms with van der Waals surface area (Å²) in [5.41, 5.74) is 0.744. The normalized spacial score (nSPS) is 10.9. The van der Waals surface area contributed by atoms with Crippen LogP contribution >= 0.6 is 23.1 Å². The predicted molar refractivity (Wildman–Crippen MR) is 93.2 cm³/mol. The zero-order valence-corrected chi connectivity index (χ0v) is 14.8. The molecule has 0 atom stereocenters. The third-order valence-corrected chi connectivity index (χ3v) is 5.41. The summed E-state index contributed by atoms with van der Waals surface area (Å²) in [4.78, 5) is 33.3. The van der Waals surface area contributed by atoms with E-state index in [2.05, 4.69) is 20.4 Å². The average molecular weight is 361 g/mol. The Bertz CT molecular complexity index is 902. The van der Waals surface area contributed by atoms with Gasteiger partial charge < -0.3 is 5.32 Å². The van der Waals surface area contributed by atoms with Gasteiger partial charge in [-0.05, 0) is 12.1 Å². The van der Waals surface area contributed by atoms with Crippen LogP contribution in [0.4, 0.5) is 0 Å². The molecular formula is C15H15N5O2S2. The third-order valence-electron chi connectivity index (χ3n) is 3.28. The van der Waals surface area contributed by atoms with Crippen molar-refractivity contribution in [3.05, 3.63) is 34.4 Å². The van der Waals surface area contributed by atoms with Crippen LogP contribution in [0.2, 0.25) is 0 Å². The van der Waals surface area contributed by atoms with Crippen LogP contribution in [0.25, 0.3) is 11.0 Å². The molecule has 0 aromatic carbocycles. The molecule has 0 saturated carbocycles. The first-order valence-corrected chi connectivity index (χ1v) is 8.96. The summed E-state index contributed by atoms with van der Waals surface area (Å²) in [5, 5.41) is 8.48. The minimum atomic E-state index is -0.0870. The molecule has 3 aromatic rings. The number of fused-ring (bicyclic) bond motifs is 1. The van der Waals surface area contributed by atoms with Crippen molar-refractivity contribution in [2.45, 2.75) is 18.5 Å². The van der Waals surface area contributed by atoms with Crippen molar-refractivity contribution in [2.24, 2.45) is 7.05 Å². The molecule has 7 nitrogen and oxygen atoms in total. The molecule has 0 saturated heterocycles. The minimum absolute atomic E-state index is 0.0368. The third kappa shape index (κ3) is 3.62. The van der Waals surface area contributed by atoms with E-state index < -0.39 is 0 Å². The highest BCUT2D eigenvalue weighted by molar-refractivity contribution is 8.00. The number of thiophene rings is 1. The van der Waals surface area contributed by atoms with Gasteiger partial charge in [-0.15, -0.1) is 11.3 Å². The van der Waals surface area contributed by atoms with Gasteiger partial charge in [0, 0.05) is 18.8 Å². The van der Waals surface area contributed by atoms with Crippen LogP contribution in [0.1, 0.15) is 21.5 Å². The fourth-order valence-corrected chi connectivity index (χ4v) is 3.92. The van der Waals surface area contributed by atoms with Crippen molar-refractivity contribution in [2.75, 3.05) is 5.75 Å². The number of carbonyl (C=O) groups excluding carboxylic acids is 2. The molecule has 3 heterocycles. The molecule has 0 spiro atoms. The Morgan fingerprint density at radius 2 is 2.17 bits per heavy atom. The fourth-order valence-electron chi connectivity index (χ4n) is 2.10. The summed E-state index contributed by atoms with van der Waals surface area (Å²) in [5.74, 6) is 0.243. The van der Waals surface area contributed by atoms with Gasteiger partial charge in [-0.1, -0.05) is 11.8 Å². The van der Waals surface area contributed by atoms with Crippen molar-refractivity contribution < 1.29 is 9.59 Å². The van der Waals surface area contributed by atoms with Gasteiger partial charge in [0.05, 0.1) is 28.8 Å². The molecule has 3 rings (SSSR count). The Labute approximate surface area is 146 Å². The van der Waals surface area contributed by atoms with Crippen molar-refractivity contribution >= 4 is 45.8 Å². The highest BCUT2D eigenvalue weighted by Crippen LogP contribution is 2.26. The van der Waals surface area contributed by atoms with Gasteiger partial charge in [0.2, 0.25) is 5.91 Å². The van der Waals surface area contributed by atoms with E-state index in [0.29, 0.717) is 17.2 Å². The largest absolute Gasteiger partial charge is 0.351 e. The second-order valence-electron chi connectivity index (χ2n) is 5.07. The van der Waals surface area contributed by atoms with Crippen molar-refractivity contribution in [3.63, 3.8) is 0 Å². The second kappa shape index (κ2) is 7.10. The molecule has 0 aliphatic heterocycles. The molecule has 1 amide bonds. The molecule has 124 valence electrons. The number of hydrogen-bond acceptors (Lipinski definition) is 7. The van der Waals surface area contributed by atoms with Crippen LogP contribution in [-0.2, 0) is 18.4 Å². The van der Waals surface area contributed by atoms with E-state index in [1.807, 2.05) is 13.1 Å². The van der Waals surface area contributed by atoms with Gasteiger partial charge >= 0.3 is 0 Å². The summed E-state index contributed by atoms with van der Waals surface area (Å²) >= 11 is 2.78. The van der Waals surface area contributed by atoms with E-state index in [4.69, 9.17) is 0 Å². The highest BCUT2D eigenvalue weighted by Gasteiger charge is 2.13. The lowest BCUT2D eigenvalue weighted by molar-refractivity contribution is -0.119. The molecule has 1 N–H and O–H groups in total. The van der Waals surface area contributed by atoms with Gasteiger partial charge in [0.25, 0.3) is 0 Å². The van der Waals surface area contributed by atoms with E-state index in [1.54, 1.807) is 16.9 Å². The molecule has 0 aliphatic carbocycles. The van der Waals surface area contributed by atoms with Gasteiger partial charge in [-0.25, -0.2) is 9.97 Å². The maximum absolute atomic E-state index is 12.3. The Kier molecular flexibility index (Phi) is 4.91. The summed E-state index contributed by atoms with van der Waals surface area (Å²) < 4.78 is 1.68.